The van der Waals surface area contributed by atoms with Crippen LogP contribution in [0.5, 0.6) is 0 Å². The number of rotatable bonds is 3. The molecule has 0 saturated carbocycles. The number of hydrogen-bond donors (Lipinski definition) is 1. The fourth-order valence-electron chi connectivity index (χ4n) is 2.65. The zero-order valence-electron chi connectivity index (χ0n) is 14.3. The van der Waals surface area contributed by atoms with Crippen molar-refractivity contribution in [2.75, 3.05) is 22.5 Å². The van der Waals surface area contributed by atoms with Crippen LogP contribution in [-0.2, 0) is 19.1 Å². The summed E-state index contributed by atoms with van der Waals surface area (Å²) in [6, 6.07) is 5.42. The van der Waals surface area contributed by atoms with Gasteiger partial charge in [0.1, 0.15) is 11.7 Å². The van der Waals surface area contributed by atoms with Crippen molar-refractivity contribution in [3.63, 3.8) is 0 Å². The summed E-state index contributed by atoms with van der Waals surface area (Å²) in [5, 5.41) is 2.80. The van der Waals surface area contributed by atoms with Crippen molar-refractivity contribution < 1.29 is 23.9 Å². The van der Waals surface area contributed by atoms with Crippen molar-refractivity contribution in [1.29, 1.82) is 0 Å². The lowest BCUT2D eigenvalue weighted by Crippen LogP contribution is -2.28. The Hall–Kier alpha value is -2.22. The fourth-order valence-corrected chi connectivity index (χ4v) is 3.44. The predicted molar refractivity (Wildman–Crippen MR) is 93.9 cm³/mol. The minimum absolute atomic E-state index is 0.0110. The lowest BCUT2D eigenvalue weighted by atomic mass is 10.2. The summed E-state index contributed by atoms with van der Waals surface area (Å²) >= 11 is 1.46. The highest BCUT2D eigenvalue weighted by atomic mass is 32.2. The number of ether oxygens (including phenoxy) is 2. The van der Waals surface area contributed by atoms with Gasteiger partial charge in [-0.15, -0.1) is 11.8 Å². The van der Waals surface area contributed by atoms with E-state index in [9.17, 15) is 14.4 Å². The Morgan fingerprint density at radius 1 is 1.40 bits per heavy atom. The molecule has 0 bridgehead atoms. The van der Waals surface area contributed by atoms with Gasteiger partial charge in [-0.05, 0) is 39.0 Å². The molecule has 0 unspecified atom stereocenters. The lowest BCUT2D eigenvalue weighted by Gasteiger charge is -2.20. The van der Waals surface area contributed by atoms with Gasteiger partial charge in [-0.3, -0.25) is 14.5 Å². The number of nitrogens with one attached hydrogen (secondary N) is 1. The average Bonchev–Trinajstić information content (AvgIpc) is 2.84. The van der Waals surface area contributed by atoms with Crippen LogP contribution in [0.3, 0.4) is 0 Å². The van der Waals surface area contributed by atoms with E-state index in [0.29, 0.717) is 17.1 Å². The number of nitrogens with zero attached hydrogens (tertiary/aromatic N) is 1. The fraction of sp³-hybridized carbons (Fsp3) is 0.471. The molecule has 1 aromatic rings. The van der Waals surface area contributed by atoms with E-state index in [-0.39, 0.29) is 18.9 Å². The normalized spacial score (nSPS) is 20.0. The molecule has 1 aromatic carbocycles. The quantitative estimate of drug-likeness (QED) is 0.830. The van der Waals surface area contributed by atoms with E-state index in [2.05, 4.69) is 5.32 Å². The molecule has 2 heterocycles. The van der Waals surface area contributed by atoms with E-state index in [4.69, 9.17) is 9.47 Å². The minimum Gasteiger partial charge on any atom is -0.460 e. The molecule has 0 radical (unpaired) electrons. The number of thioether (sulfide) groups is 1. The maximum atomic E-state index is 12.1. The number of carbonyl (C=O) groups is 3. The Kier molecular flexibility index (Phi) is 4.64. The third-order valence-electron chi connectivity index (χ3n) is 3.60. The minimum atomic E-state index is -0.576. The number of fused-ring (bicyclic) bond motifs is 1. The Morgan fingerprint density at radius 2 is 2.16 bits per heavy atom. The summed E-state index contributed by atoms with van der Waals surface area (Å²) in [5.41, 5.74) is 0.730. The largest absolute Gasteiger partial charge is 0.460 e. The molecule has 0 aliphatic carbocycles. The second-order valence-corrected chi connectivity index (χ2v) is 7.94. The van der Waals surface area contributed by atoms with Gasteiger partial charge >= 0.3 is 12.1 Å². The highest BCUT2D eigenvalue weighted by Crippen LogP contribution is 2.35. The van der Waals surface area contributed by atoms with Crippen LogP contribution in [0.1, 0.15) is 27.2 Å². The standard InChI is InChI=1S/C17H20N2O5S/c1-17(2,3)24-15(21)7-11-8-19(16(22)23-11)10-4-5-13-12(6-10)18-14(20)9-25-13/h4-6,11H,7-9H2,1-3H3,(H,18,20)/t11-/m1/s1. The van der Waals surface area contributed by atoms with E-state index in [0.717, 1.165) is 4.90 Å². The second kappa shape index (κ2) is 6.59. The molecule has 1 saturated heterocycles. The lowest BCUT2D eigenvalue weighted by molar-refractivity contribution is -0.156. The molecular formula is C17H20N2O5S. The number of amides is 2. The molecule has 2 aliphatic heterocycles. The van der Waals surface area contributed by atoms with Crippen LogP contribution in [-0.4, -0.2) is 42.0 Å². The Balaban J connectivity index is 1.68. The molecule has 0 spiro atoms. The predicted octanol–water partition coefficient (Wildman–Crippen LogP) is 2.79. The summed E-state index contributed by atoms with van der Waals surface area (Å²) in [6.45, 7) is 5.63. The van der Waals surface area contributed by atoms with E-state index >= 15 is 0 Å². The number of benzene rings is 1. The van der Waals surface area contributed by atoms with Gasteiger partial charge in [-0.25, -0.2) is 4.79 Å². The third-order valence-corrected chi connectivity index (χ3v) is 4.67. The van der Waals surface area contributed by atoms with Crippen molar-refractivity contribution in [3.8, 4) is 0 Å². The summed E-state index contributed by atoms with van der Waals surface area (Å²) in [5.74, 6) is -0.0847. The van der Waals surface area contributed by atoms with Crippen molar-refractivity contribution in [1.82, 2.24) is 0 Å². The molecule has 2 amide bonds. The van der Waals surface area contributed by atoms with Gasteiger partial charge in [0.05, 0.1) is 24.4 Å². The molecule has 0 aromatic heterocycles. The first-order valence-electron chi connectivity index (χ1n) is 7.98. The molecule has 7 nitrogen and oxygen atoms in total. The zero-order chi connectivity index (χ0) is 18.2. The number of anilines is 2. The molecule has 1 fully saturated rings. The Morgan fingerprint density at radius 3 is 2.88 bits per heavy atom. The van der Waals surface area contributed by atoms with Gasteiger partial charge in [-0.2, -0.15) is 0 Å². The molecule has 25 heavy (non-hydrogen) atoms. The Bertz CT molecular complexity index is 728. The second-order valence-electron chi connectivity index (χ2n) is 6.92. The van der Waals surface area contributed by atoms with Crippen LogP contribution >= 0.6 is 11.8 Å². The van der Waals surface area contributed by atoms with Gasteiger partial charge in [-0.1, -0.05) is 0 Å². The first-order chi connectivity index (χ1) is 11.7. The van der Waals surface area contributed by atoms with Gasteiger partial charge in [0.15, 0.2) is 0 Å². The molecular weight excluding hydrogens is 344 g/mol. The van der Waals surface area contributed by atoms with Crippen LogP contribution in [0, 0.1) is 0 Å². The highest BCUT2D eigenvalue weighted by molar-refractivity contribution is 8.00. The third kappa shape index (κ3) is 4.25. The molecule has 1 N–H and O–H groups in total. The molecule has 2 aliphatic rings. The summed E-state index contributed by atoms with van der Waals surface area (Å²) in [4.78, 5) is 38.0. The summed E-state index contributed by atoms with van der Waals surface area (Å²) < 4.78 is 10.5. The average molecular weight is 364 g/mol. The number of esters is 1. The Labute approximate surface area is 150 Å². The summed E-state index contributed by atoms with van der Waals surface area (Å²) in [6.07, 6.45) is -1.05. The van der Waals surface area contributed by atoms with Crippen molar-refractivity contribution in [3.05, 3.63) is 18.2 Å². The van der Waals surface area contributed by atoms with Gasteiger partial charge in [0, 0.05) is 10.6 Å². The highest BCUT2D eigenvalue weighted by Gasteiger charge is 2.35. The topological polar surface area (TPSA) is 84.9 Å². The maximum Gasteiger partial charge on any atom is 0.414 e. The van der Waals surface area contributed by atoms with E-state index in [1.807, 2.05) is 6.07 Å². The van der Waals surface area contributed by atoms with Crippen LogP contribution in [0.15, 0.2) is 23.1 Å². The summed E-state index contributed by atoms with van der Waals surface area (Å²) in [7, 11) is 0. The van der Waals surface area contributed by atoms with Crippen LogP contribution in [0.2, 0.25) is 0 Å². The SMILES string of the molecule is CC(C)(C)OC(=O)C[C@@H]1CN(c2ccc3c(c2)NC(=O)CS3)C(=O)O1. The first kappa shape index (κ1) is 17.6. The number of hydrogen-bond acceptors (Lipinski definition) is 6. The monoisotopic (exact) mass is 364 g/mol. The van der Waals surface area contributed by atoms with E-state index in [1.165, 1.54) is 16.7 Å². The van der Waals surface area contributed by atoms with Crippen molar-refractivity contribution in [2.45, 2.75) is 43.8 Å². The number of carbonyl (C=O) groups excluding carboxylic acids is 3. The van der Waals surface area contributed by atoms with Gasteiger partial charge in [0.2, 0.25) is 5.91 Å². The molecule has 3 rings (SSSR count). The van der Waals surface area contributed by atoms with Gasteiger partial charge < -0.3 is 14.8 Å². The van der Waals surface area contributed by atoms with E-state index in [1.54, 1.807) is 32.9 Å². The van der Waals surface area contributed by atoms with E-state index < -0.39 is 23.8 Å². The van der Waals surface area contributed by atoms with Crippen molar-refractivity contribution >= 4 is 41.1 Å². The van der Waals surface area contributed by atoms with Crippen LogP contribution in [0.25, 0.3) is 0 Å². The zero-order valence-corrected chi connectivity index (χ0v) is 15.1. The van der Waals surface area contributed by atoms with Crippen LogP contribution in [0.4, 0.5) is 16.2 Å². The molecule has 134 valence electrons. The number of cyclic esters (lactones) is 1. The molecule has 1 atom stereocenters. The van der Waals surface area contributed by atoms with Crippen LogP contribution < -0.4 is 10.2 Å². The first-order valence-corrected chi connectivity index (χ1v) is 8.96. The smallest absolute Gasteiger partial charge is 0.414 e. The maximum absolute atomic E-state index is 12.1. The van der Waals surface area contributed by atoms with Crippen molar-refractivity contribution in [2.24, 2.45) is 0 Å². The van der Waals surface area contributed by atoms with Gasteiger partial charge in [0.25, 0.3) is 0 Å². The molecule has 8 heteroatoms.